The number of nitrogens with one attached hydrogen (secondary N) is 1. The third-order valence-electron chi connectivity index (χ3n) is 2.23. The maximum Gasteiger partial charge on any atom is 0.146 e. The van der Waals surface area contributed by atoms with E-state index in [0.717, 1.165) is 14.9 Å². The van der Waals surface area contributed by atoms with Crippen molar-refractivity contribution in [2.75, 3.05) is 5.32 Å². The molecule has 1 aromatic carbocycles. The third kappa shape index (κ3) is 2.83. The Morgan fingerprint density at radius 1 is 1.38 bits per heavy atom. The molecule has 0 amide bonds. The van der Waals surface area contributed by atoms with Gasteiger partial charge in [-0.2, -0.15) is 0 Å². The highest BCUT2D eigenvalue weighted by molar-refractivity contribution is 9.11. The minimum absolute atomic E-state index is 0.208. The molecule has 0 saturated carbocycles. The minimum Gasteiger partial charge on any atom is -0.379 e. The van der Waals surface area contributed by atoms with E-state index in [9.17, 15) is 4.39 Å². The van der Waals surface area contributed by atoms with Crippen LogP contribution in [-0.4, -0.2) is 0 Å². The van der Waals surface area contributed by atoms with Gasteiger partial charge in [0, 0.05) is 6.54 Å². The van der Waals surface area contributed by atoms with Gasteiger partial charge in [-0.3, -0.25) is 0 Å². The second-order valence-corrected chi connectivity index (χ2v) is 5.89. The summed E-state index contributed by atoms with van der Waals surface area (Å²) in [5.41, 5.74) is 2.76. The number of hydrogen-bond donors (Lipinski definition) is 1. The van der Waals surface area contributed by atoms with Gasteiger partial charge in [-0.05, 0) is 57.6 Å². The molecule has 1 nitrogen and oxygen atoms in total. The van der Waals surface area contributed by atoms with E-state index in [1.807, 2.05) is 24.4 Å². The summed E-state index contributed by atoms with van der Waals surface area (Å²) in [4.78, 5) is 0. The standard InChI is InChI=1S/C12H11BrFNS/c1-8-2-3-10(14)11(4-8)15-6-9-5-12(13)16-7-9/h2-5,7,15H,6H2,1H3. The Morgan fingerprint density at radius 2 is 2.19 bits per heavy atom. The van der Waals surface area contributed by atoms with Crippen LogP contribution in [0.3, 0.4) is 0 Å². The molecule has 0 aliphatic carbocycles. The van der Waals surface area contributed by atoms with Crippen LogP contribution in [0.5, 0.6) is 0 Å². The first-order valence-electron chi connectivity index (χ1n) is 4.88. The first-order chi connectivity index (χ1) is 7.65. The van der Waals surface area contributed by atoms with E-state index >= 15 is 0 Å². The molecule has 0 saturated heterocycles. The van der Waals surface area contributed by atoms with Crippen molar-refractivity contribution in [1.82, 2.24) is 0 Å². The zero-order valence-electron chi connectivity index (χ0n) is 8.76. The molecule has 0 spiro atoms. The summed E-state index contributed by atoms with van der Waals surface area (Å²) < 4.78 is 14.5. The van der Waals surface area contributed by atoms with E-state index in [4.69, 9.17) is 0 Å². The predicted octanol–water partition coefficient (Wildman–Crippen LogP) is 4.57. The Kier molecular flexibility index (Phi) is 3.61. The van der Waals surface area contributed by atoms with Gasteiger partial charge in [-0.15, -0.1) is 11.3 Å². The van der Waals surface area contributed by atoms with Gasteiger partial charge < -0.3 is 5.32 Å². The van der Waals surface area contributed by atoms with Gasteiger partial charge in [0.15, 0.2) is 0 Å². The van der Waals surface area contributed by atoms with E-state index < -0.39 is 0 Å². The summed E-state index contributed by atoms with van der Waals surface area (Å²) in [5, 5.41) is 5.14. The molecule has 0 radical (unpaired) electrons. The topological polar surface area (TPSA) is 12.0 Å². The SMILES string of the molecule is Cc1ccc(F)c(NCc2csc(Br)c2)c1. The molecule has 0 bridgehead atoms. The first-order valence-corrected chi connectivity index (χ1v) is 6.55. The summed E-state index contributed by atoms with van der Waals surface area (Å²) in [6.07, 6.45) is 0. The van der Waals surface area contributed by atoms with Crippen LogP contribution in [0.25, 0.3) is 0 Å². The number of rotatable bonds is 3. The van der Waals surface area contributed by atoms with Crippen molar-refractivity contribution in [2.24, 2.45) is 0 Å². The monoisotopic (exact) mass is 299 g/mol. The van der Waals surface area contributed by atoms with Gasteiger partial charge in [0.2, 0.25) is 0 Å². The second kappa shape index (κ2) is 4.97. The van der Waals surface area contributed by atoms with Gasteiger partial charge in [0.1, 0.15) is 5.82 Å². The number of benzene rings is 1. The van der Waals surface area contributed by atoms with E-state index in [-0.39, 0.29) is 5.82 Å². The number of thiophene rings is 1. The Balaban J connectivity index is 2.07. The highest BCUT2D eigenvalue weighted by atomic mass is 79.9. The van der Waals surface area contributed by atoms with Crippen LogP contribution in [0, 0.1) is 12.7 Å². The summed E-state index contributed by atoms with van der Waals surface area (Å²) in [6.45, 7) is 2.59. The highest BCUT2D eigenvalue weighted by Gasteiger charge is 2.02. The van der Waals surface area contributed by atoms with Crippen LogP contribution in [0.4, 0.5) is 10.1 Å². The molecule has 0 unspecified atom stereocenters. The van der Waals surface area contributed by atoms with Crippen molar-refractivity contribution in [3.8, 4) is 0 Å². The van der Waals surface area contributed by atoms with Crippen molar-refractivity contribution >= 4 is 33.0 Å². The van der Waals surface area contributed by atoms with Crippen LogP contribution in [0.1, 0.15) is 11.1 Å². The van der Waals surface area contributed by atoms with Crippen LogP contribution in [0.15, 0.2) is 33.4 Å². The number of halogens is 2. The second-order valence-electron chi connectivity index (χ2n) is 3.60. The van der Waals surface area contributed by atoms with Crippen molar-refractivity contribution in [3.05, 3.63) is 50.4 Å². The highest BCUT2D eigenvalue weighted by Crippen LogP contribution is 2.22. The maximum absolute atomic E-state index is 13.4. The summed E-state index contributed by atoms with van der Waals surface area (Å²) in [6, 6.07) is 7.10. The van der Waals surface area contributed by atoms with Crippen LogP contribution in [-0.2, 0) is 6.54 Å². The van der Waals surface area contributed by atoms with Gasteiger partial charge >= 0.3 is 0 Å². The van der Waals surface area contributed by atoms with E-state index in [0.29, 0.717) is 12.2 Å². The van der Waals surface area contributed by atoms with Gasteiger partial charge in [0.25, 0.3) is 0 Å². The van der Waals surface area contributed by atoms with Gasteiger partial charge in [-0.1, -0.05) is 6.07 Å². The molecule has 1 N–H and O–H groups in total. The fourth-order valence-corrected chi connectivity index (χ4v) is 2.62. The fourth-order valence-electron chi connectivity index (χ4n) is 1.41. The molecule has 16 heavy (non-hydrogen) atoms. The molecular weight excluding hydrogens is 289 g/mol. The Bertz CT molecular complexity index is 496. The lowest BCUT2D eigenvalue weighted by Gasteiger charge is -2.07. The first kappa shape index (κ1) is 11.6. The van der Waals surface area contributed by atoms with E-state index in [1.54, 1.807) is 17.4 Å². The summed E-state index contributed by atoms with van der Waals surface area (Å²) in [5.74, 6) is -0.208. The van der Waals surface area contributed by atoms with E-state index in [2.05, 4.69) is 21.2 Å². The lowest BCUT2D eigenvalue weighted by Crippen LogP contribution is -2.00. The molecule has 0 aliphatic heterocycles. The van der Waals surface area contributed by atoms with Crippen molar-refractivity contribution in [3.63, 3.8) is 0 Å². The Labute approximate surface area is 106 Å². The van der Waals surface area contributed by atoms with E-state index in [1.165, 1.54) is 6.07 Å². The number of hydrogen-bond acceptors (Lipinski definition) is 2. The predicted molar refractivity (Wildman–Crippen MR) is 70.5 cm³/mol. The molecule has 2 rings (SSSR count). The van der Waals surface area contributed by atoms with Crippen molar-refractivity contribution in [2.45, 2.75) is 13.5 Å². The van der Waals surface area contributed by atoms with Crippen LogP contribution >= 0.6 is 27.3 Å². The van der Waals surface area contributed by atoms with Crippen molar-refractivity contribution in [1.29, 1.82) is 0 Å². The number of aryl methyl sites for hydroxylation is 1. The molecule has 84 valence electrons. The zero-order valence-corrected chi connectivity index (χ0v) is 11.2. The largest absolute Gasteiger partial charge is 0.379 e. The Hall–Kier alpha value is -0.870. The third-order valence-corrected chi connectivity index (χ3v) is 3.78. The van der Waals surface area contributed by atoms with Crippen molar-refractivity contribution < 1.29 is 4.39 Å². The van der Waals surface area contributed by atoms with Crippen LogP contribution in [0.2, 0.25) is 0 Å². The maximum atomic E-state index is 13.4. The molecule has 0 atom stereocenters. The molecular formula is C12H11BrFNS. The summed E-state index contributed by atoms with van der Waals surface area (Å²) >= 11 is 5.03. The minimum atomic E-state index is -0.208. The molecule has 4 heteroatoms. The zero-order chi connectivity index (χ0) is 11.5. The lowest BCUT2D eigenvalue weighted by atomic mass is 10.2. The van der Waals surface area contributed by atoms with Crippen LogP contribution < -0.4 is 5.32 Å². The quantitative estimate of drug-likeness (QED) is 0.875. The molecule has 0 fully saturated rings. The molecule has 1 aromatic heterocycles. The lowest BCUT2D eigenvalue weighted by molar-refractivity contribution is 0.629. The average Bonchev–Trinajstić information content (AvgIpc) is 2.66. The van der Waals surface area contributed by atoms with Gasteiger partial charge in [0.05, 0.1) is 9.47 Å². The fraction of sp³-hybridized carbons (Fsp3) is 0.167. The Morgan fingerprint density at radius 3 is 2.88 bits per heavy atom. The van der Waals surface area contributed by atoms with Gasteiger partial charge in [-0.25, -0.2) is 4.39 Å². The molecule has 2 aromatic rings. The molecule has 1 heterocycles. The smallest absolute Gasteiger partial charge is 0.146 e. The number of anilines is 1. The summed E-state index contributed by atoms with van der Waals surface area (Å²) in [7, 11) is 0. The average molecular weight is 300 g/mol. The molecule has 0 aliphatic rings. The normalized spacial score (nSPS) is 10.4.